The maximum atomic E-state index is 12.1. The number of nitrogens with one attached hydrogen (secondary N) is 1. The van der Waals surface area contributed by atoms with Crippen LogP contribution in [-0.4, -0.2) is 31.0 Å². The topological polar surface area (TPSA) is 41.6 Å². The van der Waals surface area contributed by atoms with Gasteiger partial charge in [-0.2, -0.15) is 0 Å². The van der Waals surface area contributed by atoms with Crippen LogP contribution in [0.15, 0.2) is 48.5 Å². The van der Waals surface area contributed by atoms with E-state index in [0.29, 0.717) is 19.7 Å². The van der Waals surface area contributed by atoms with E-state index in [1.807, 2.05) is 67.4 Å². The van der Waals surface area contributed by atoms with Crippen molar-refractivity contribution in [2.75, 3.05) is 25.5 Å². The van der Waals surface area contributed by atoms with Gasteiger partial charge in [-0.15, -0.1) is 0 Å². The van der Waals surface area contributed by atoms with Crippen LogP contribution in [0.25, 0.3) is 0 Å². The zero-order valence-electron chi connectivity index (χ0n) is 13.4. The van der Waals surface area contributed by atoms with Crippen molar-refractivity contribution in [2.45, 2.75) is 13.5 Å². The first-order valence-electron chi connectivity index (χ1n) is 7.53. The number of ether oxygens (including phenoxy) is 1. The molecule has 0 bridgehead atoms. The fourth-order valence-corrected chi connectivity index (χ4v) is 2.75. The van der Waals surface area contributed by atoms with Crippen LogP contribution in [0, 0.1) is 3.57 Å². The van der Waals surface area contributed by atoms with Crippen molar-refractivity contribution >= 4 is 34.2 Å². The van der Waals surface area contributed by atoms with Crippen LogP contribution in [0.2, 0.25) is 0 Å². The lowest BCUT2D eigenvalue weighted by Gasteiger charge is -2.17. The summed E-state index contributed by atoms with van der Waals surface area (Å²) in [4.78, 5) is 14.1. The highest BCUT2D eigenvalue weighted by Gasteiger charge is 2.09. The molecule has 1 amide bonds. The molecule has 0 fully saturated rings. The number of hydrogen-bond donors (Lipinski definition) is 1. The summed E-state index contributed by atoms with van der Waals surface area (Å²) in [5, 5.41) is 2.94. The Hall–Kier alpha value is -1.60. The molecule has 0 saturated carbocycles. The normalized spacial score (nSPS) is 10.6. The van der Waals surface area contributed by atoms with Crippen molar-refractivity contribution in [3.63, 3.8) is 0 Å². The van der Waals surface area contributed by atoms with Crippen molar-refractivity contribution in [1.82, 2.24) is 4.90 Å². The standard InChI is InChI=1S/C18H21IN2O2/c1-3-23-15-10-8-14(9-11-15)12-21(2)13-18(22)20-17-7-5-4-6-16(17)19/h4-11H,3,12-13H2,1-2H3,(H,20,22). The summed E-state index contributed by atoms with van der Waals surface area (Å²) in [5.74, 6) is 0.859. The fourth-order valence-electron chi connectivity index (χ4n) is 2.22. The molecule has 2 aromatic carbocycles. The van der Waals surface area contributed by atoms with Crippen molar-refractivity contribution < 1.29 is 9.53 Å². The van der Waals surface area contributed by atoms with Crippen LogP contribution < -0.4 is 10.1 Å². The molecule has 0 aromatic heterocycles. The number of amides is 1. The molecular formula is C18H21IN2O2. The molecule has 0 aliphatic carbocycles. The third kappa shape index (κ3) is 5.84. The fraction of sp³-hybridized carbons (Fsp3) is 0.278. The predicted molar refractivity (Wildman–Crippen MR) is 102 cm³/mol. The monoisotopic (exact) mass is 424 g/mol. The number of nitrogens with zero attached hydrogens (tertiary/aromatic N) is 1. The Labute approximate surface area is 151 Å². The zero-order chi connectivity index (χ0) is 16.7. The Bertz CT molecular complexity index is 644. The minimum Gasteiger partial charge on any atom is -0.494 e. The van der Waals surface area contributed by atoms with Crippen LogP contribution in [0.5, 0.6) is 5.75 Å². The quantitative estimate of drug-likeness (QED) is 0.689. The average Bonchev–Trinajstić information content (AvgIpc) is 2.51. The van der Waals surface area contributed by atoms with E-state index in [9.17, 15) is 4.79 Å². The summed E-state index contributed by atoms with van der Waals surface area (Å²) in [6.45, 7) is 3.69. The van der Waals surface area contributed by atoms with Gasteiger partial charge in [-0.25, -0.2) is 0 Å². The van der Waals surface area contributed by atoms with E-state index in [1.54, 1.807) is 0 Å². The lowest BCUT2D eigenvalue weighted by Crippen LogP contribution is -2.30. The molecule has 2 rings (SSSR count). The van der Waals surface area contributed by atoms with Crippen LogP contribution in [0.3, 0.4) is 0 Å². The first kappa shape index (κ1) is 17.7. The van der Waals surface area contributed by atoms with Gasteiger partial charge >= 0.3 is 0 Å². The summed E-state index contributed by atoms with van der Waals surface area (Å²) in [7, 11) is 1.94. The summed E-state index contributed by atoms with van der Waals surface area (Å²) in [5.41, 5.74) is 2.01. The molecule has 5 heteroatoms. The van der Waals surface area contributed by atoms with Crippen LogP contribution in [-0.2, 0) is 11.3 Å². The van der Waals surface area contributed by atoms with Gasteiger partial charge < -0.3 is 10.1 Å². The molecular weight excluding hydrogens is 403 g/mol. The lowest BCUT2D eigenvalue weighted by atomic mass is 10.2. The van der Waals surface area contributed by atoms with Gasteiger partial charge in [0.1, 0.15) is 5.75 Å². The van der Waals surface area contributed by atoms with Crippen LogP contribution in [0.1, 0.15) is 12.5 Å². The second-order valence-corrected chi connectivity index (χ2v) is 6.44. The van der Waals surface area contributed by atoms with Gasteiger partial charge in [0.05, 0.1) is 18.8 Å². The number of anilines is 1. The van der Waals surface area contributed by atoms with Gasteiger partial charge in [-0.05, 0) is 66.4 Å². The Morgan fingerprint density at radius 2 is 1.87 bits per heavy atom. The Kier molecular flexibility index (Phi) is 6.85. The number of carbonyl (C=O) groups excluding carboxylic acids is 1. The van der Waals surface area contributed by atoms with Crippen molar-refractivity contribution in [1.29, 1.82) is 0 Å². The van der Waals surface area contributed by atoms with Gasteiger partial charge in [0.25, 0.3) is 0 Å². The summed E-state index contributed by atoms with van der Waals surface area (Å²) < 4.78 is 6.46. The molecule has 0 aliphatic rings. The molecule has 0 aliphatic heterocycles. The van der Waals surface area contributed by atoms with Gasteiger partial charge in [0.2, 0.25) is 5.91 Å². The number of hydrogen-bond acceptors (Lipinski definition) is 3. The molecule has 1 N–H and O–H groups in total. The molecule has 0 unspecified atom stereocenters. The number of benzene rings is 2. The predicted octanol–water partition coefficient (Wildman–Crippen LogP) is 3.76. The highest BCUT2D eigenvalue weighted by Crippen LogP contribution is 2.17. The minimum absolute atomic E-state index is 0.0115. The highest BCUT2D eigenvalue weighted by molar-refractivity contribution is 14.1. The molecule has 4 nitrogen and oxygen atoms in total. The van der Waals surface area contributed by atoms with E-state index in [0.717, 1.165) is 20.6 Å². The van der Waals surface area contributed by atoms with Crippen molar-refractivity contribution in [3.8, 4) is 5.75 Å². The maximum Gasteiger partial charge on any atom is 0.238 e. The largest absolute Gasteiger partial charge is 0.494 e. The number of para-hydroxylation sites is 1. The molecule has 0 spiro atoms. The molecule has 0 radical (unpaired) electrons. The summed E-state index contributed by atoms with van der Waals surface area (Å²) >= 11 is 2.22. The molecule has 23 heavy (non-hydrogen) atoms. The number of rotatable bonds is 7. The van der Waals surface area contributed by atoms with E-state index in [4.69, 9.17) is 4.74 Å². The van der Waals surface area contributed by atoms with Crippen LogP contribution >= 0.6 is 22.6 Å². The van der Waals surface area contributed by atoms with E-state index in [1.165, 1.54) is 0 Å². The van der Waals surface area contributed by atoms with Gasteiger partial charge in [-0.1, -0.05) is 24.3 Å². The number of carbonyl (C=O) groups is 1. The SMILES string of the molecule is CCOc1ccc(CN(C)CC(=O)Nc2ccccc2I)cc1. The first-order valence-corrected chi connectivity index (χ1v) is 8.61. The molecule has 0 atom stereocenters. The van der Waals surface area contributed by atoms with Crippen molar-refractivity contribution in [2.24, 2.45) is 0 Å². The smallest absolute Gasteiger partial charge is 0.238 e. The van der Waals surface area contributed by atoms with E-state index < -0.39 is 0 Å². The lowest BCUT2D eigenvalue weighted by molar-refractivity contribution is -0.117. The Balaban J connectivity index is 1.85. The van der Waals surface area contributed by atoms with Gasteiger partial charge in [-0.3, -0.25) is 9.69 Å². The zero-order valence-corrected chi connectivity index (χ0v) is 15.5. The highest BCUT2D eigenvalue weighted by atomic mass is 127. The van der Waals surface area contributed by atoms with Crippen molar-refractivity contribution in [3.05, 3.63) is 57.7 Å². The summed E-state index contributed by atoms with van der Waals surface area (Å²) in [6.07, 6.45) is 0. The van der Waals surface area contributed by atoms with Crippen LogP contribution in [0.4, 0.5) is 5.69 Å². The number of halogens is 1. The second kappa shape index (κ2) is 8.88. The average molecular weight is 424 g/mol. The van der Waals surface area contributed by atoms with Gasteiger partial charge in [0.15, 0.2) is 0 Å². The molecule has 0 heterocycles. The third-order valence-corrected chi connectivity index (χ3v) is 4.19. The van der Waals surface area contributed by atoms with E-state index in [2.05, 4.69) is 27.9 Å². The molecule has 122 valence electrons. The Morgan fingerprint density at radius 1 is 1.17 bits per heavy atom. The second-order valence-electron chi connectivity index (χ2n) is 5.28. The Morgan fingerprint density at radius 3 is 2.52 bits per heavy atom. The first-order chi connectivity index (χ1) is 11.1. The number of likely N-dealkylation sites (N-methyl/N-ethyl adjacent to an activating group) is 1. The maximum absolute atomic E-state index is 12.1. The molecule has 2 aromatic rings. The van der Waals surface area contributed by atoms with Gasteiger partial charge in [0, 0.05) is 10.1 Å². The molecule has 0 saturated heterocycles. The van der Waals surface area contributed by atoms with E-state index in [-0.39, 0.29) is 5.91 Å². The summed E-state index contributed by atoms with van der Waals surface area (Å²) in [6, 6.07) is 15.7. The minimum atomic E-state index is -0.0115. The van der Waals surface area contributed by atoms with E-state index >= 15 is 0 Å². The third-order valence-electron chi connectivity index (χ3n) is 3.25.